The molecule has 0 spiro atoms. The van der Waals surface area contributed by atoms with Gasteiger partial charge in [-0.2, -0.15) is 0 Å². The summed E-state index contributed by atoms with van der Waals surface area (Å²) in [7, 11) is 0. The topological polar surface area (TPSA) is 105 Å². The number of rotatable bonds is 12. The molecular weight excluding hydrogens is 508 g/mol. The molecule has 2 aromatic heterocycles. The number of esters is 1. The molecule has 2 aliphatic rings. The number of anilines is 1. The minimum atomic E-state index is -0.277. The molecule has 2 fully saturated rings. The molecule has 1 saturated carbocycles. The molecule has 3 heterocycles. The van der Waals surface area contributed by atoms with Gasteiger partial charge in [0.2, 0.25) is 5.91 Å². The van der Waals surface area contributed by atoms with E-state index in [1.54, 1.807) is 30.2 Å². The molecule has 218 valence electrons. The van der Waals surface area contributed by atoms with Crippen LogP contribution >= 0.6 is 0 Å². The Kier molecular flexibility index (Phi) is 10.7. The fourth-order valence-electron chi connectivity index (χ4n) is 6.13. The highest BCUT2D eigenvalue weighted by Crippen LogP contribution is 2.42. The van der Waals surface area contributed by atoms with Gasteiger partial charge in [0.25, 0.3) is 5.91 Å². The molecule has 1 saturated heterocycles. The van der Waals surface area contributed by atoms with Crippen LogP contribution in [0.2, 0.25) is 0 Å². The first kappa shape index (κ1) is 29.8. The number of pyridine rings is 1. The lowest BCUT2D eigenvalue weighted by molar-refractivity contribution is -0.143. The fraction of sp³-hybridized carbons (Fsp3) is 0.613. The summed E-state index contributed by atoms with van der Waals surface area (Å²) in [6.45, 7) is 7.17. The van der Waals surface area contributed by atoms with Gasteiger partial charge in [0.05, 0.1) is 19.3 Å². The van der Waals surface area contributed by atoms with Crippen molar-refractivity contribution in [2.75, 3.05) is 37.7 Å². The van der Waals surface area contributed by atoms with Crippen LogP contribution in [-0.2, 0) is 14.3 Å². The molecule has 9 nitrogen and oxygen atoms in total. The van der Waals surface area contributed by atoms with Gasteiger partial charge in [0.15, 0.2) is 5.76 Å². The SMILES string of the molecule is CCOC(=O)CCNC(=O)CC1(CCN2CCC(N(C(=O)c3ccco3)c3ccc(C)cn3)CC2)CCCCC1. The number of amides is 2. The van der Waals surface area contributed by atoms with Crippen LogP contribution in [0.5, 0.6) is 0 Å². The van der Waals surface area contributed by atoms with Crippen molar-refractivity contribution in [1.29, 1.82) is 0 Å². The summed E-state index contributed by atoms with van der Waals surface area (Å²) in [6, 6.07) is 7.37. The molecule has 0 atom stereocenters. The lowest BCUT2D eigenvalue weighted by Gasteiger charge is -2.41. The summed E-state index contributed by atoms with van der Waals surface area (Å²) in [5, 5.41) is 2.94. The van der Waals surface area contributed by atoms with Crippen molar-refractivity contribution in [3.8, 4) is 0 Å². The molecule has 0 radical (unpaired) electrons. The second kappa shape index (κ2) is 14.4. The van der Waals surface area contributed by atoms with Crippen LogP contribution < -0.4 is 10.2 Å². The van der Waals surface area contributed by atoms with E-state index < -0.39 is 0 Å². The van der Waals surface area contributed by atoms with Crippen LogP contribution in [0.4, 0.5) is 5.82 Å². The molecule has 0 unspecified atom stereocenters. The van der Waals surface area contributed by atoms with Gasteiger partial charge in [-0.1, -0.05) is 25.3 Å². The van der Waals surface area contributed by atoms with E-state index in [1.165, 1.54) is 12.7 Å². The molecule has 40 heavy (non-hydrogen) atoms. The summed E-state index contributed by atoms with van der Waals surface area (Å²) in [4.78, 5) is 46.7. The first-order valence-electron chi connectivity index (χ1n) is 14.8. The van der Waals surface area contributed by atoms with Gasteiger partial charge in [0.1, 0.15) is 5.82 Å². The van der Waals surface area contributed by atoms with Gasteiger partial charge in [-0.05, 0) is 81.7 Å². The molecular formula is C31H44N4O5. The van der Waals surface area contributed by atoms with Crippen LogP contribution in [0, 0.1) is 12.3 Å². The maximum absolute atomic E-state index is 13.4. The van der Waals surface area contributed by atoms with Crippen molar-refractivity contribution >= 4 is 23.6 Å². The van der Waals surface area contributed by atoms with E-state index in [1.807, 2.05) is 19.1 Å². The number of aryl methyl sites for hydroxylation is 1. The van der Waals surface area contributed by atoms with Gasteiger partial charge in [-0.25, -0.2) is 4.98 Å². The maximum Gasteiger partial charge on any atom is 0.307 e. The third kappa shape index (κ3) is 8.16. The molecule has 0 bridgehead atoms. The smallest absolute Gasteiger partial charge is 0.307 e. The molecule has 1 aliphatic carbocycles. The standard InChI is InChI=1S/C31H44N4O5/c1-3-39-29(37)11-17-32-28(36)22-31(14-5-4-6-15-31)16-20-34-18-12-25(13-19-34)35(27-10-9-24(2)23-33-27)30(38)26-8-7-21-40-26/h7-10,21,23,25H,3-6,11-20,22H2,1-2H3,(H,32,36). The number of hydrogen-bond acceptors (Lipinski definition) is 7. The number of carbonyl (C=O) groups is 3. The van der Waals surface area contributed by atoms with Gasteiger partial charge < -0.3 is 19.4 Å². The zero-order valence-corrected chi connectivity index (χ0v) is 24.0. The third-order valence-corrected chi connectivity index (χ3v) is 8.38. The van der Waals surface area contributed by atoms with Crippen LogP contribution in [0.25, 0.3) is 0 Å². The van der Waals surface area contributed by atoms with Crippen molar-refractivity contribution < 1.29 is 23.5 Å². The highest BCUT2D eigenvalue weighted by molar-refractivity contribution is 6.04. The van der Waals surface area contributed by atoms with Crippen LogP contribution in [0.3, 0.4) is 0 Å². The maximum atomic E-state index is 13.4. The predicted octanol–water partition coefficient (Wildman–Crippen LogP) is 4.89. The summed E-state index contributed by atoms with van der Waals surface area (Å²) in [5.74, 6) is 0.573. The van der Waals surface area contributed by atoms with Gasteiger partial charge >= 0.3 is 5.97 Å². The molecule has 2 aromatic rings. The number of nitrogens with zero attached hydrogens (tertiary/aromatic N) is 3. The highest BCUT2D eigenvalue weighted by Gasteiger charge is 2.36. The van der Waals surface area contributed by atoms with Gasteiger partial charge in [0, 0.05) is 38.3 Å². The Morgan fingerprint density at radius 1 is 1.15 bits per heavy atom. The number of aromatic nitrogens is 1. The van der Waals surface area contributed by atoms with Gasteiger partial charge in [-0.15, -0.1) is 0 Å². The molecule has 4 rings (SSSR count). The first-order chi connectivity index (χ1) is 19.4. The molecule has 1 N–H and O–H groups in total. The Morgan fingerprint density at radius 3 is 2.58 bits per heavy atom. The van der Waals surface area contributed by atoms with Gasteiger partial charge in [-0.3, -0.25) is 19.3 Å². The Balaban J connectivity index is 1.32. The zero-order valence-electron chi connectivity index (χ0n) is 24.0. The highest BCUT2D eigenvalue weighted by atomic mass is 16.5. The number of hydrogen-bond donors (Lipinski definition) is 1. The number of nitrogens with one attached hydrogen (secondary N) is 1. The fourth-order valence-corrected chi connectivity index (χ4v) is 6.13. The molecule has 9 heteroatoms. The quantitative estimate of drug-likeness (QED) is 0.374. The average molecular weight is 553 g/mol. The number of carbonyl (C=O) groups excluding carboxylic acids is 3. The van der Waals surface area contributed by atoms with Crippen LogP contribution in [0.1, 0.15) is 87.3 Å². The normalized spacial score (nSPS) is 17.8. The van der Waals surface area contributed by atoms with E-state index in [9.17, 15) is 14.4 Å². The van der Waals surface area contributed by atoms with E-state index in [0.717, 1.165) is 70.1 Å². The summed E-state index contributed by atoms with van der Waals surface area (Å²) >= 11 is 0. The second-order valence-corrected chi connectivity index (χ2v) is 11.3. The van der Waals surface area contributed by atoms with Crippen LogP contribution in [-0.4, -0.2) is 66.5 Å². The number of furan rings is 1. The summed E-state index contributed by atoms with van der Waals surface area (Å²) in [6.07, 6.45) is 12.4. The van der Waals surface area contributed by atoms with E-state index in [0.29, 0.717) is 31.2 Å². The number of piperidine rings is 1. The molecule has 2 amide bonds. The molecule has 1 aliphatic heterocycles. The second-order valence-electron chi connectivity index (χ2n) is 11.3. The van der Waals surface area contributed by atoms with E-state index in [4.69, 9.17) is 9.15 Å². The Labute approximate surface area is 237 Å². The number of ether oxygens (including phenoxy) is 1. The third-order valence-electron chi connectivity index (χ3n) is 8.38. The van der Waals surface area contributed by atoms with E-state index >= 15 is 0 Å². The van der Waals surface area contributed by atoms with Crippen molar-refractivity contribution in [2.24, 2.45) is 5.41 Å². The van der Waals surface area contributed by atoms with Crippen molar-refractivity contribution in [3.63, 3.8) is 0 Å². The Morgan fingerprint density at radius 2 is 1.93 bits per heavy atom. The van der Waals surface area contributed by atoms with Crippen molar-refractivity contribution in [2.45, 2.75) is 84.1 Å². The average Bonchev–Trinajstić information content (AvgIpc) is 3.50. The monoisotopic (exact) mass is 552 g/mol. The minimum absolute atomic E-state index is 0.0101. The predicted molar refractivity (Wildman–Crippen MR) is 153 cm³/mol. The lowest BCUT2D eigenvalue weighted by Crippen LogP contribution is -2.48. The Bertz CT molecular complexity index is 1090. The largest absolute Gasteiger partial charge is 0.466 e. The number of likely N-dealkylation sites (tertiary alicyclic amines) is 1. The summed E-state index contributed by atoms with van der Waals surface area (Å²) < 4.78 is 10.4. The zero-order chi connectivity index (χ0) is 28.4. The first-order valence-corrected chi connectivity index (χ1v) is 14.8. The van der Waals surface area contributed by atoms with Crippen molar-refractivity contribution in [1.82, 2.24) is 15.2 Å². The molecule has 0 aromatic carbocycles. The Hall–Kier alpha value is -3.20. The summed E-state index contributed by atoms with van der Waals surface area (Å²) in [5.41, 5.74) is 1.06. The minimum Gasteiger partial charge on any atom is -0.466 e. The van der Waals surface area contributed by atoms with E-state index in [2.05, 4.69) is 15.2 Å². The van der Waals surface area contributed by atoms with Crippen LogP contribution in [0.15, 0.2) is 41.1 Å². The van der Waals surface area contributed by atoms with Crippen molar-refractivity contribution in [3.05, 3.63) is 48.0 Å². The van der Waals surface area contributed by atoms with E-state index in [-0.39, 0.29) is 35.7 Å². The lowest BCUT2D eigenvalue weighted by atomic mass is 9.69.